The van der Waals surface area contributed by atoms with Gasteiger partial charge in [0.1, 0.15) is 5.82 Å². The maximum Gasteiger partial charge on any atom is 0.145 e. The van der Waals surface area contributed by atoms with Gasteiger partial charge < -0.3 is 5.73 Å². The minimum absolute atomic E-state index is 0.521. The summed E-state index contributed by atoms with van der Waals surface area (Å²) in [6, 6.07) is 20.9. The van der Waals surface area contributed by atoms with Gasteiger partial charge in [-0.1, -0.05) is 54.6 Å². The van der Waals surface area contributed by atoms with Crippen LogP contribution in [-0.2, 0) is 12.8 Å². The van der Waals surface area contributed by atoms with E-state index in [-0.39, 0.29) is 0 Å². The highest BCUT2D eigenvalue weighted by atomic mass is 15.2. The predicted octanol–water partition coefficient (Wildman–Crippen LogP) is 3.44. The van der Waals surface area contributed by atoms with Gasteiger partial charge in [0.2, 0.25) is 0 Å². The Morgan fingerprint density at radius 1 is 0.850 bits per heavy atom. The highest BCUT2D eigenvalue weighted by molar-refractivity contribution is 5.62. The van der Waals surface area contributed by atoms with E-state index < -0.39 is 0 Å². The first-order valence-corrected chi connectivity index (χ1v) is 6.75. The van der Waals surface area contributed by atoms with Gasteiger partial charge in [0.25, 0.3) is 0 Å². The van der Waals surface area contributed by atoms with E-state index in [0.717, 1.165) is 24.1 Å². The van der Waals surface area contributed by atoms with Gasteiger partial charge in [-0.3, -0.25) is 5.10 Å². The van der Waals surface area contributed by atoms with Crippen LogP contribution in [-0.4, -0.2) is 10.2 Å². The summed E-state index contributed by atoms with van der Waals surface area (Å²) >= 11 is 0. The van der Waals surface area contributed by atoms with Crippen LogP contribution in [0, 0.1) is 0 Å². The standard InChI is InChI=1S/C17H17N3/c18-17-12-16(19-20-17)15-10-8-14(9-11-15)7-6-13-4-2-1-3-5-13/h1-5,8-12H,6-7H2,(H3,18,19,20). The molecule has 3 nitrogen and oxygen atoms in total. The van der Waals surface area contributed by atoms with Gasteiger partial charge in [-0.05, 0) is 29.5 Å². The Labute approximate surface area is 118 Å². The van der Waals surface area contributed by atoms with Gasteiger partial charge in [0.05, 0.1) is 5.69 Å². The van der Waals surface area contributed by atoms with Crippen molar-refractivity contribution in [1.82, 2.24) is 10.2 Å². The van der Waals surface area contributed by atoms with Crippen molar-refractivity contribution in [1.29, 1.82) is 0 Å². The van der Waals surface area contributed by atoms with Crippen molar-refractivity contribution in [2.75, 3.05) is 5.73 Å². The number of nitrogens with two attached hydrogens (primary N) is 1. The molecule has 3 rings (SSSR count). The number of aromatic amines is 1. The van der Waals surface area contributed by atoms with Crippen molar-refractivity contribution in [2.45, 2.75) is 12.8 Å². The highest BCUT2D eigenvalue weighted by Gasteiger charge is 2.01. The Balaban J connectivity index is 1.67. The van der Waals surface area contributed by atoms with Crippen LogP contribution in [0.4, 0.5) is 5.82 Å². The maximum absolute atomic E-state index is 5.62. The van der Waals surface area contributed by atoms with E-state index in [9.17, 15) is 0 Å². The zero-order chi connectivity index (χ0) is 13.8. The molecule has 3 N–H and O–H groups in total. The molecule has 0 saturated carbocycles. The Morgan fingerprint density at radius 2 is 1.50 bits per heavy atom. The first-order chi connectivity index (χ1) is 9.81. The summed E-state index contributed by atoms with van der Waals surface area (Å²) in [5.41, 5.74) is 10.4. The molecule has 0 spiro atoms. The van der Waals surface area contributed by atoms with Crippen molar-refractivity contribution >= 4 is 5.82 Å². The monoisotopic (exact) mass is 263 g/mol. The number of aryl methyl sites for hydroxylation is 2. The van der Waals surface area contributed by atoms with Gasteiger partial charge in [0, 0.05) is 6.07 Å². The zero-order valence-electron chi connectivity index (χ0n) is 11.2. The van der Waals surface area contributed by atoms with Crippen LogP contribution in [0.25, 0.3) is 11.3 Å². The fourth-order valence-corrected chi connectivity index (χ4v) is 2.27. The molecule has 0 radical (unpaired) electrons. The quantitative estimate of drug-likeness (QED) is 0.757. The molecule has 100 valence electrons. The molecule has 0 bridgehead atoms. The van der Waals surface area contributed by atoms with Crippen molar-refractivity contribution in [3.8, 4) is 11.3 Å². The second-order valence-corrected chi connectivity index (χ2v) is 4.89. The lowest BCUT2D eigenvalue weighted by Gasteiger charge is -2.03. The Kier molecular flexibility index (Phi) is 3.50. The van der Waals surface area contributed by atoms with E-state index in [4.69, 9.17) is 5.73 Å². The highest BCUT2D eigenvalue weighted by Crippen LogP contribution is 2.19. The number of H-pyrrole nitrogens is 1. The third-order valence-electron chi connectivity index (χ3n) is 3.41. The van der Waals surface area contributed by atoms with Crippen molar-refractivity contribution in [3.63, 3.8) is 0 Å². The second-order valence-electron chi connectivity index (χ2n) is 4.89. The number of hydrogen-bond acceptors (Lipinski definition) is 2. The summed E-state index contributed by atoms with van der Waals surface area (Å²) < 4.78 is 0. The summed E-state index contributed by atoms with van der Waals surface area (Å²) in [4.78, 5) is 0. The van der Waals surface area contributed by atoms with Crippen molar-refractivity contribution in [3.05, 3.63) is 71.8 Å². The van der Waals surface area contributed by atoms with Gasteiger partial charge in [0.15, 0.2) is 0 Å². The van der Waals surface area contributed by atoms with Crippen LogP contribution in [0.1, 0.15) is 11.1 Å². The Morgan fingerprint density at radius 3 is 2.10 bits per heavy atom. The molecule has 0 saturated heterocycles. The van der Waals surface area contributed by atoms with E-state index in [1.54, 1.807) is 0 Å². The second kappa shape index (κ2) is 5.61. The fraction of sp³-hybridized carbons (Fsp3) is 0.118. The van der Waals surface area contributed by atoms with Gasteiger partial charge >= 0.3 is 0 Å². The number of rotatable bonds is 4. The smallest absolute Gasteiger partial charge is 0.145 e. The number of benzene rings is 2. The maximum atomic E-state index is 5.62. The predicted molar refractivity (Wildman–Crippen MR) is 82.3 cm³/mol. The molecule has 1 heterocycles. The molecule has 1 aromatic heterocycles. The molecule has 0 unspecified atom stereocenters. The minimum atomic E-state index is 0.521. The molecule has 0 amide bonds. The Hall–Kier alpha value is -2.55. The number of hydrogen-bond donors (Lipinski definition) is 2. The lowest BCUT2D eigenvalue weighted by Crippen LogP contribution is -1.91. The van der Waals surface area contributed by atoms with E-state index >= 15 is 0 Å². The summed E-state index contributed by atoms with van der Waals surface area (Å²) in [6.45, 7) is 0. The van der Waals surface area contributed by atoms with Crippen LogP contribution >= 0.6 is 0 Å². The molecular weight excluding hydrogens is 246 g/mol. The molecule has 0 fully saturated rings. The number of nitrogens with zero attached hydrogens (tertiary/aromatic N) is 1. The SMILES string of the molecule is Nc1cc(-c2ccc(CCc3ccccc3)cc2)[nH]n1. The van der Waals surface area contributed by atoms with E-state index in [1.807, 2.05) is 12.1 Å². The van der Waals surface area contributed by atoms with Crippen LogP contribution in [0.5, 0.6) is 0 Å². The number of anilines is 1. The zero-order valence-corrected chi connectivity index (χ0v) is 11.2. The molecule has 0 atom stereocenters. The molecule has 20 heavy (non-hydrogen) atoms. The van der Waals surface area contributed by atoms with Crippen LogP contribution < -0.4 is 5.73 Å². The topological polar surface area (TPSA) is 54.7 Å². The number of nitrogen functional groups attached to an aromatic ring is 1. The minimum Gasteiger partial charge on any atom is -0.382 e. The molecule has 0 aliphatic carbocycles. The molecule has 2 aromatic carbocycles. The lowest BCUT2D eigenvalue weighted by atomic mass is 10.0. The number of aromatic nitrogens is 2. The fourth-order valence-electron chi connectivity index (χ4n) is 2.27. The molecule has 3 aromatic rings. The molecular formula is C17H17N3. The van der Waals surface area contributed by atoms with Crippen molar-refractivity contribution in [2.24, 2.45) is 0 Å². The van der Waals surface area contributed by atoms with Crippen LogP contribution in [0.2, 0.25) is 0 Å². The Bertz CT molecular complexity index is 669. The summed E-state index contributed by atoms with van der Waals surface area (Å²) in [7, 11) is 0. The van der Waals surface area contributed by atoms with E-state index in [0.29, 0.717) is 5.82 Å². The van der Waals surface area contributed by atoms with Gasteiger partial charge in [-0.15, -0.1) is 0 Å². The lowest BCUT2D eigenvalue weighted by molar-refractivity contribution is 0.960. The van der Waals surface area contributed by atoms with Gasteiger partial charge in [-0.25, -0.2) is 0 Å². The summed E-state index contributed by atoms with van der Waals surface area (Å²) in [5, 5.41) is 6.87. The van der Waals surface area contributed by atoms with Gasteiger partial charge in [-0.2, -0.15) is 5.10 Å². The first kappa shape index (κ1) is 12.5. The van der Waals surface area contributed by atoms with E-state index in [2.05, 4.69) is 58.7 Å². The summed E-state index contributed by atoms with van der Waals surface area (Å²) in [6.07, 6.45) is 2.12. The van der Waals surface area contributed by atoms with Crippen LogP contribution in [0.15, 0.2) is 60.7 Å². The molecule has 3 heteroatoms. The van der Waals surface area contributed by atoms with Crippen LogP contribution in [0.3, 0.4) is 0 Å². The number of nitrogens with one attached hydrogen (secondary N) is 1. The average molecular weight is 263 g/mol. The van der Waals surface area contributed by atoms with E-state index in [1.165, 1.54) is 11.1 Å². The average Bonchev–Trinajstić information content (AvgIpc) is 2.93. The molecule has 0 aliphatic heterocycles. The van der Waals surface area contributed by atoms with Crippen molar-refractivity contribution < 1.29 is 0 Å². The first-order valence-electron chi connectivity index (χ1n) is 6.75. The normalized spacial score (nSPS) is 10.6. The third-order valence-corrected chi connectivity index (χ3v) is 3.41. The third kappa shape index (κ3) is 2.88. The molecule has 0 aliphatic rings. The largest absolute Gasteiger partial charge is 0.382 e. The summed E-state index contributed by atoms with van der Waals surface area (Å²) in [5.74, 6) is 0.521.